The van der Waals surface area contributed by atoms with E-state index in [4.69, 9.17) is 8.92 Å². The highest BCUT2D eigenvalue weighted by molar-refractivity contribution is 7.89. The minimum Gasteiger partial charge on any atom is -0.497 e. The molecule has 1 N–H and O–H groups in total. The van der Waals surface area contributed by atoms with E-state index in [1.165, 1.54) is 13.2 Å². The van der Waals surface area contributed by atoms with Gasteiger partial charge < -0.3 is 13.4 Å². The molecular formula is C24H18F3N3O6S2. The van der Waals surface area contributed by atoms with Crippen LogP contribution >= 0.6 is 11.3 Å². The van der Waals surface area contributed by atoms with Gasteiger partial charge in [0.05, 0.1) is 18.4 Å². The minimum atomic E-state index is -4.75. The number of carbonyl (C=O) groups is 1. The molecule has 1 amide bonds. The highest BCUT2D eigenvalue weighted by Gasteiger charge is 2.36. The Labute approximate surface area is 218 Å². The monoisotopic (exact) mass is 565 g/mol. The molecule has 0 atom stereocenters. The van der Waals surface area contributed by atoms with Gasteiger partial charge in [-0.3, -0.25) is 4.79 Å². The van der Waals surface area contributed by atoms with Crippen LogP contribution in [0.1, 0.15) is 11.3 Å². The molecule has 0 radical (unpaired) electrons. The van der Waals surface area contributed by atoms with Gasteiger partial charge in [-0.05, 0) is 29.3 Å². The first-order valence-corrected chi connectivity index (χ1v) is 12.9. The van der Waals surface area contributed by atoms with E-state index in [2.05, 4.69) is 20.2 Å². The number of ether oxygens (including phenoxy) is 1. The third-order valence-electron chi connectivity index (χ3n) is 4.96. The second kappa shape index (κ2) is 11.1. The molecule has 0 saturated carbocycles. The zero-order chi connectivity index (χ0) is 27.3. The van der Waals surface area contributed by atoms with Gasteiger partial charge in [0.15, 0.2) is 4.21 Å². The smallest absolute Gasteiger partial charge is 0.452 e. The maximum atomic E-state index is 13.0. The first-order chi connectivity index (χ1) is 18.1. The van der Waals surface area contributed by atoms with E-state index in [0.717, 1.165) is 0 Å². The molecule has 0 aliphatic rings. The Kier molecular flexibility index (Phi) is 7.83. The largest absolute Gasteiger partial charge is 0.497 e. The summed E-state index contributed by atoms with van der Waals surface area (Å²) in [7, 11) is -3.00. The van der Waals surface area contributed by atoms with Crippen LogP contribution in [0.2, 0.25) is 0 Å². The molecule has 0 bridgehead atoms. The maximum absolute atomic E-state index is 13.0. The van der Waals surface area contributed by atoms with E-state index in [1.807, 2.05) is 0 Å². The van der Waals surface area contributed by atoms with Gasteiger partial charge in [-0.15, -0.1) is 16.4 Å². The zero-order valence-electron chi connectivity index (χ0n) is 19.4. The predicted octanol–water partition coefficient (Wildman–Crippen LogP) is 5.11. The van der Waals surface area contributed by atoms with Crippen molar-refractivity contribution in [3.8, 4) is 27.4 Å². The lowest BCUT2D eigenvalue weighted by Crippen LogP contribution is -2.20. The van der Waals surface area contributed by atoms with Crippen molar-refractivity contribution in [2.75, 3.05) is 7.11 Å². The molecule has 2 aromatic carbocycles. The van der Waals surface area contributed by atoms with E-state index in [1.54, 1.807) is 54.6 Å². The summed E-state index contributed by atoms with van der Waals surface area (Å²) in [6.45, 7) is 0. The predicted molar refractivity (Wildman–Crippen MR) is 132 cm³/mol. The van der Waals surface area contributed by atoms with Crippen molar-refractivity contribution in [2.45, 2.75) is 16.8 Å². The fraction of sp³-hybridized carbons (Fsp3) is 0.125. The highest BCUT2D eigenvalue weighted by Crippen LogP contribution is 2.41. The molecule has 2 heterocycles. The van der Waals surface area contributed by atoms with Gasteiger partial charge in [0.25, 0.3) is 0 Å². The van der Waals surface area contributed by atoms with Crippen LogP contribution < -0.4 is 10.2 Å². The third kappa shape index (κ3) is 6.39. The van der Waals surface area contributed by atoms with E-state index in [-0.39, 0.29) is 26.8 Å². The number of aromatic nitrogens is 1. The molecule has 0 spiro atoms. The number of nitrogens with one attached hydrogen (secondary N) is 1. The summed E-state index contributed by atoms with van der Waals surface area (Å²) in [5.74, 6) is -1.29. The summed E-state index contributed by atoms with van der Waals surface area (Å²) < 4.78 is 78.8. The van der Waals surface area contributed by atoms with Gasteiger partial charge in [0.2, 0.25) is 18.1 Å². The fourth-order valence-electron chi connectivity index (χ4n) is 3.26. The van der Waals surface area contributed by atoms with Crippen LogP contribution in [0.25, 0.3) is 21.7 Å². The van der Waals surface area contributed by atoms with E-state index >= 15 is 0 Å². The summed E-state index contributed by atoms with van der Waals surface area (Å²) in [6.07, 6.45) is -4.26. The summed E-state index contributed by atoms with van der Waals surface area (Å²) in [5, 5.41) is 6.93. The summed E-state index contributed by atoms with van der Waals surface area (Å²) in [5.41, 5.74) is 3.26. The quantitative estimate of drug-likeness (QED) is 0.130. The molecule has 38 heavy (non-hydrogen) atoms. The first-order valence-electron chi connectivity index (χ1n) is 10.7. The van der Waals surface area contributed by atoms with Crippen molar-refractivity contribution in [3.63, 3.8) is 0 Å². The van der Waals surface area contributed by atoms with Crippen LogP contribution in [-0.4, -0.2) is 33.0 Å². The maximum Gasteiger partial charge on any atom is 0.452 e. The van der Waals surface area contributed by atoms with Crippen molar-refractivity contribution in [1.29, 1.82) is 0 Å². The van der Waals surface area contributed by atoms with Crippen molar-refractivity contribution in [3.05, 3.63) is 78.1 Å². The normalized spacial score (nSPS) is 12.0. The number of hydrogen-bond acceptors (Lipinski definition) is 9. The molecule has 198 valence electrons. The third-order valence-corrected chi connectivity index (χ3v) is 7.79. The molecule has 4 aromatic rings. The molecule has 4 rings (SSSR count). The minimum absolute atomic E-state index is 0.0503. The summed E-state index contributed by atoms with van der Waals surface area (Å²) in [6, 6.07) is 17.2. The lowest BCUT2D eigenvalue weighted by atomic mass is 10.1. The molecule has 2 aromatic heterocycles. The summed E-state index contributed by atoms with van der Waals surface area (Å²) in [4.78, 5) is 12.2. The molecule has 0 fully saturated rings. The molecule has 0 aliphatic carbocycles. The van der Waals surface area contributed by atoms with Gasteiger partial charge in [-0.2, -0.15) is 21.6 Å². The topological polar surface area (TPSA) is 120 Å². The standard InChI is InChI=1S/C24H18F3N3O6S2/c1-34-17-9-5-6-15(10-17)11-22(31)29-28-14-35-38(32,33)23-18(16-7-3-2-4-8-16)12-20(37-23)19-13-21(36-30-19)24(25,26)27/h2-10,12-14H,11H2,1H3,(H,29,31)/b28-14+. The Bertz CT molecular complexity index is 1560. The average molecular weight is 566 g/mol. The van der Waals surface area contributed by atoms with Crippen LogP contribution in [0.15, 0.2) is 80.6 Å². The van der Waals surface area contributed by atoms with E-state index in [9.17, 15) is 26.4 Å². The van der Waals surface area contributed by atoms with Crippen molar-refractivity contribution in [1.82, 2.24) is 10.6 Å². The number of rotatable bonds is 9. The zero-order valence-corrected chi connectivity index (χ0v) is 21.1. The Balaban J connectivity index is 1.53. The van der Waals surface area contributed by atoms with Crippen LogP contribution in [0, 0.1) is 0 Å². The number of methoxy groups -OCH3 is 1. The number of thiophene rings is 1. The molecule has 9 nitrogen and oxygen atoms in total. The van der Waals surface area contributed by atoms with Gasteiger partial charge in [-0.25, -0.2) is 5.43 Å². The lowest BCUT2D eigenvalue weighted by molar-refractivity contribution is -0.155. The Morgan fingerprint density at radius 1 is 1.13 bits per heavy atom. The van der Waals surface area contributed by atoms with Crippen molar-refractivity contribution >= 4 is 33.8 Å². The van der Waals surface area contributed by atoms with Gasteiger partial charge >= 0.3 is 16.3 Å². The average Bonchev–Trinajstić information content (AvgIpc) is 3.56. The Morgan fingerprint density at radius 3 is 2.58 bits per heavy atom. The lowest BCUT2D eigenvalue weighted by Gasteiger charge is -2.05. The van der Waals surface area contributed by atoms with Gasteiger partial charge in [-0.1, -0.05) is 47.6 Å². The number of amides is 1. The van der Waals surface area contributed by atoms with Crippen LogP contribution in [0.3, 0.4) is 0 Å². The molecule has 0 saturated heterocycles. The number of hydrazone groups is 1. The second-order valence-electron chi connectivity index (χ2n) is 7.60. The number of carbonyl (C=O) groups excluding carboxylic acids is 1. The first kappa shape index (κ1) is 26.9. The summed E-state index contributed by atoms with van der Waals surface area (Å²) >= 11 is 0.644. The van der Waals surface area contributed by atoms with Crippen molar-refractivity contribution in [2.24, 2.45) is 5.10 Å². The molecule has 14 heteroatoms. The fourth-order valence-corrected chi connectivity index (χ4v) is 5.61. The number of benzene rings is 2. The highest BCUT2D eigenvalue weighted by atomic mass is 32.3. The SMILES string of the molecule is COc1cccc(CC(=O)N/N=C/OS(=O)(=O)c2sc(-c3cc(C(F)(F)F)on3)cc2-c2ccccc2)c1. The van der Waals surface area contributed by atoms with E-state index in [0.29, 0.717) is 40.7 Å². The van der Waals surface area contributed by atoms with Gasteiger partial charge in [0.1, 0.15) is 11.4 Å². The Morgan fingerprint density at radius 2 is 1.89 bits per heavy atom. The van der Waals surface area contributed by atoms with E-state index < -0.39 is 28.0 Å². The van der Waals surface area contributed by atoms with Crippen molar-refractivity contribution < 1.29 is 39.8 Å². The van der Waals surface area contributed by atoms with Crippen LogP contribution in [0.5, 0.6) is 5.75 Å². The molecular weight excluding hydrogens is 547 g/mol. The second-order valence-corrected chi connectivity index (χ2v) is 10.4. The number of hydrogen-bond donors (Lipinski definition) is 1. The van der Waals surface area contributed by atoms with Crippen LogP contribution in [0.4, 0.5) is 13.2 Å². The molecule has 0 aliphatic heterocycles. The molecule has 0 unspecified atom stereocenters. The van der Waals surface area contributed by atoms with Crippen LogP contribution in [-0.2, 0) is 31.7 Å². The Hall–Kier alpha value is -4.17. The number of alkyl halides is 3. The number of halogens is 3. The van der Waals surface area contributed by atoms with Gasteiger partial charge in [0, 0.05) is 11.6 Å². The number of nitrogens with zero attached hydrogens (tertiary/aromatic N) is 2.